The first-order valence-corrected chi connectivity index (χ1v) is 7.32. The molecule has 0 N–H and O–H groups in total. The molecular weight excluding hydrogens is 279 g/mol. The van der Waals surface area contributed by atoms with Crippen LogP contribution in [0.25, 0.3) is 0 Å². The topological polar surface area (TPSA) is 23.6 Å². The largest absolute Gasteiger partial charge is 0.378 e. The van der Waals surface area contributed by atoms with Crippen molar-refractivity contribution in [3.8, 4) is 0 Å². The first kappa shape index (κ1) is 16.0. The van der Waals surface area contributed by atoms with Gasteiger partial charge in [-0.3, -0.25) is 4.79 Å². The molecule has 0 aromatic heterocycles. The Morgan fingerprint density at radius 3 is 2.32 bits per heavy atom. The van der Waals surface area contributed by atoms with Crippen LogP contribution in [0.4, 0.5) is 10.1 Å². The minimum atomic E-state index is -0.281. The molecule has 3 nitrogen and oxygen atoms in total. The van der Waals surface area contributed by atoms with Crippen molar-refractivity contribution in [3.63, 3.8) is 0 Å². The van der Waals surface area contributed by atoms with E-state index >= 15 is 0 Å². The molecule has 0 atom stereocenters. The van der Waals surface area contributed by atoms with Crippen LogP contribution >= 0.6 is 0 Å². The molecule has 2 rings (SSSR count). The Balaban J connectivity index is 2.14. The summed E-state index contributed by atoms with van der Waals surface area (Å²) in [4.78, 5) is 16.3. The molecule has 0 bridgehead atoms. The molecule has 0 radical (unpaired) electrons. The molecule has 0 saturated heterocycles. The van der Waals surface area contributed by atoms with Crippen molar-refractivity contribution in [2.24, 2.45) is 0 Å². The van der Waals surface area contributed by atoms with E-state index in [0.29, 0.717) is 18.7 Å². The summed E-state index contributed by atoms with van der Waals surface area (Å²) in [7, 11) is 3.91. The lowest BCUT2D eigenvalue weighted by atomic mass is 10.1. The highest BCUT2D eigenvalue weighted by atomic mass is 19.1. The zero-order valence-corrected chi connectivity index (χ0v) is 13.2. The number of rotatable bonds is 5. The highest BCUT2D eigenvalue weighted by molar-refractivity contribution is 5.94. The summed E-state index contributed by atoms with van der Waals surface area (Å²) >= 11 is 0. The van der Waals surface area contributed by atoms with E-state index in [0.717, 1.165) is 11.3 Å². The van der Waals surface area contributed by atoms with Gasteiger partial charge in [0.2, 0.25) is 0 Å². The predicted octanol–water partition coefficient (Wildman–Crippen LogP) is 3.55. The van der Waals surface area contributed by atoms with Gasteiger partial charge in [0, 0.05) is 38.4 Å². The first-order chi connectivity index (χ1) is 10.5. The fourth-order valence-corrected chi connectivity index (χ4v) is 2.27. The van der Waals surface area contributed by atoms with E-state index in [2.05, 4.69) is 0 Å². The van der Waals surface area contributed by atoms with Gasteiger partial charge in [0.05, 0.1) is 0 Å². The average Bonchev–Trinajstić information content (AvgIpc) is 2.52. The lowest BCUT2D eigenvalue weighted by Gasteiger charge is -2.21. The van der Waals surface area contributed by atoms with Crippen LogP contribution in [0.5, 0.6) is 0 Å². The van der Waals surface area contributed by atoms with E-state index in [1.54, 1.807) is 11.0 Å². The van der Waals surface area contributed by atoms with Crippen molar-refractivity contribution in [1.29, 1.82) is 0 Å². The van der Waals surface area contributed by atoms with Crippen molar-refractivity contribution < 1.29 is 9.18 Å². The maximum Gasteiger partial charge on any atom is 0.254 e. The van der Waals surface area contributed by atoms with E-state index < -0.39 is 0 Å². The van der Waals surface area contributed by atoms with E-state index in [9.17, 15) is 9.18 Å². The molecule has 0 aliphatic carbocycles. The van der Waals surface area contributed by atoms with Crippen molar-refractivity contribution in [2.45, 2.75) is 13.5 Å². The molecule has 0 aliphatic heterocycles. The monoisotopic (exact) mass is 300 g/mol. The number of carbonyl (C=O) groups excluding carboxylic acids is 1. The SMILES string of the molecule is CCN(Cc1cccc(F)c1)C(=O)c1ccc(N(C)C)cc1. The van der Waals surface area contributed by atoms with Gasteiger partial charge in [-0.25, -0.2) is 4.39 Å². The summed E-state index contributed by atoms with van der Waals surface area (Å²) in [6, 6.07) is 13.8. The third-order valence-corrected chi connectivity index (χ3v) is 3.56. The second-order valence-corrected chi connectivity index (χ2v) is 5.39. The van der Waals surface area contributed by atoms with Gasteiger partial charge in [0.15, 0.2) is 0 Å². The summed E-state index contributed by atoms with van der Waals surface area (Å²) in [6.45, 7) is 2.90. The summed E-state index contributed by atoms with van der Waals surface area (Å²) in [5.74, 6) is -0.326. The summed E-state index contributed by atoms with van der Waals surface area (Å²) in [5.41, 5.74) is 2.48. The Morgan fingerprint density at radius 1 is 1.09 bits per heavy atom. The zero-order valence-electron chi connectivity index (χ0n) is 13.2. The van der Waals surface area contributed by atoms with Crippen LogP contribution in [0.2, 0.25) is 0 Å². The van der Waals surface area contributed by atoms with Crippen LogP contribution in [0, 0.1) is 5.82 Å². The second-order valence-electron chi connectivity index (χ2n) is 5.39. The standard InChI is InChI=1S/C18H21FN2O/c1-4-21(13-14-6-5-7-16(19)12-14)18(22)15-8-10-17(11-9-15)20(2)3/h5-12H,4,13H2,1-3H3. The molecule has 0 saturated carbocycles. The Morgan fingerprint density at radius 2 is 1.77 bits per heavy atom. The number of amides is 1. The van der Waals surface area contributed by atoms with Gasteiger partial charge in [-0.15, -0.1) is 0 Å². The molecule has 0 spiro atoms. The minimum Gasteiger partial charge on any atom is -0.378 e. The van der Waals surface area contributed by atoms with Gasteiger partial charge < -0.3 is 9.80 Å². The fourth-order valence-electron chi connectivity index (χ4n) is 2.27. The second kappa shape index (κ2) is 7.07. The van der Waals surface area contributed by atoms with E-state index in [1.165, 1.54) is 12.1 Å². The summed E-state index contributed by atoms with van der Waals surface area (Å²) in [6.07, 6.45) is 0. The highest BCUT2D eigenvalue weighted by Crippen LogP contribution is 2.15. The molecule has 0 aliphatic rings. The highest BCUT2D eigenvalue weighted by Gasteiger charge is 2.14. The quantitative estimate of drug-likeness (QED) is 0.843. The van der Waals surface area contributed by atoms with Gasteiger partial charge in [-0.1, -0.05) is 12.1 Å². The van der Waals surface area contributed by atoms with Crippen LogP contribution in [0.15, 0.2) is 48.5 Å². The number of nitrogens with zero attached hydrogens (tertiary/aromatic N) is 2. The lowest BCUT2D eigenvalue weighted by molar-refractivity contribution is 0.0752. The van der Waals surface area contributed by atoms with Gasteiger partial charge >= 0.3 is 0 Å². The Kier molecular flexibility index (Phi) is 5.15. The van der Waals surface area contributed by atoms with Crippen molar-refractivity contribution in [1.82, 2.24) is 4.90 Å². The zero-order chi connectivity index (χ0) is 16.1. The molecule has 0 fully saturated rings. The molecule has 1 amide bonds. The maximum absolute atomic E-state index is 13.3. The fraction of sp³-hybridized carbons (Fsp3) is 0.278. The lowest BCUT2D eigenvalue weighted by Crippen LogP contribution is -2.30. The Bertz CT molecular complexity index is 638. The number of hydrogen-bond donors (Lipinski definition) is 0. The van der Waals surface area contributed by atoms with Gasteiger partial charge in [-0.05, 0) is 48.9 Å². The average molecular weight is 300 g/mol. The van der Waals surface area contributed by atoms with Crippen LogP contribution in [-0.4, -0.2) is 31.4 Å². The molecule has 22 heavy (non-hydrogen) atoms. The van der Waals surface area contributed by atoms with Gasteiger partial charge in [-0.2, -0.15) is 0 Å². The minimum absolute atomic E-state index is 0.0444. The van der Waals surface area contributed by atoms with E-state index in [-0.39, 0.29) is 11.7 Å². The first-order valence-electron chi connectivity index (χ1n) is 7.32. The number of anilines is 1. The van der Waals surface area contributed by atoms with Crippen molar-refractivity contribution in [3.05, 3.63) is 65.5 Å². The number of hydrogen-bond acceptors (Lipinski definition) is 2. The van der Waals surface area contributed by atoms with Crippen molar-refractivity contribution in [2.75, 3.05) is 25.5 Å². The maximum atomic E-state index is 13.3. The number of halogens is 1. The molecule has 2 aromatic carbocycles. The van der Waals surface area contributed by atoms with Crippen LogP contribution in [0.3, 0.4) is 0 Å². The molecule has 4 heteroatoms. The Hall–Kier alpha value is -2.36. The Labute approximate surface area is 131 Å². The molecule has 0 unspecified atom stereocenters. The molecule has 2 aromatic rings. The van der Waals surface area contributed by atoms with Crippen LogP contribution in [-0.2, 0) is 6.54 Å². The normalized spacial score (nSPS) is 10.4. The summed E-state index contributed by atoms with van der Waals surface area (Å²) in [5, 5.41) is 0. The number of benzene rings is 2. The molecule has 0 heterocycles. The van der Waals surface area contributed by atoms with E-state index in [1.807, 2.05) is 56.3 Å². The third-order valence-electron chi connectivity index (χ3n) is 3.56. The molecule has 116 valence electrons. The van der Waals surface area contributed by atoms with Gasteiger partial charge in [0.1, 0.15) is 5.82 Å². The smallest absolute Gasteiger partial charge is 0.254 e. The van der Waals surface area contributed by atoms with Crippen molar-refractivity contribution >= 4 is 11.6 Å². The molecular formula is C18H21FN2O. The summed E-state index contributed by atoms with van der Waals surface area (Å²) < 4.78 is 13.3. The predicted molar refractivity (Wildman–Crippen MR) is 87.6 cm³/mol. The van der Waals surface area contributed by atoms with E-state index in [4.69, 9.17) is 0 Å². The van der Waals surface area contributed by atoms with Crippen LogP contribution in [0.1, 0.15) is 22.8 Å². The van der Waals surface area contributed by atoms with Gasteiger partial charge in [0.25, 0.3) is 5.91 Å². The number of carbonyl (C=O) groups is 1. The third kappa shape index (κ3) is 3.85. The van der Waals surface area contributed by atoms with Crippen LogP contribution < -0.4 is 4.90 Å².